The Hall–Kier alpha value is -1.24. The summed E-state index contributed by atoms with van der Waals surface area (Å²) >= 11 is 1.47. The van der Waals surface area contributed by atoms with Crippen LogP contribution in [0.2, 0.25) is 0 Å². The van der Waals surface area contributed by atoms with E-state index in [2.05, 4.69) is 6.92 Å². The molecule has 0 saturated carbocycles. The molecule has 2 N–H and O–H groups in total. The number of carbonyl (C=O) groups is 2. The predicted molar refractivity (Wildman–Crippen MR) is 108 cm³/mol. The number of amides is 2. The number of thioether (sulfide) groups is 1. The molecule has 0 bridgehead atoms. The Kier molecular flexibility index (Phi) is 7.38. The number of nitrogens with two attached hydrogens (primary N) is 1. The van der Waals surface area contributed by atoms with Crippen molar-refractivity contribution in [2.24, 2.45) is 11.1 Å². The number of likely N-dealkylation sites (tertiary alicyclic amines) is 2. The lowest BCUT2D eigenvalue weighted by Crippen LogP contribution is -2.34. The van der Waals surface area contributed by atoms with Gasteiger partial charge in [0, 0.05) is 31.1 Å². The highest BCUT2D eigenvalue weighted by Crippen LogP contribution is 2.31. The van der Waals surface area contributed by atoms with Gasteiger partial charge in [0.1, 0.15) is 0 Å². The Morgan fingerprint density at radius 1 is 1.15 bits per heavy atom. The van der Waals surface area contributed by atoms with E-state index in [9.17, 15) is 9.59 Å². The molecule has 1 aromatic rings. The molecule has 0 aromatic heterocycles. The molecule has 2 fully saturated rings. The summed E-state index contributed by atoms with van der Waals surface area (Å²) in [6, 6.07) is 7.61. The lowest BCUT2D eigenvalue weighted by Gasteiger charge is -2.23. The Morgan fingerprint density at radius 3 is 2.50 bits per heavy atom. The number of hydrogen-bond acceptors (Lipinski definition) is 4. The highest BCUT2D eigenvalue weighted by atomic mass is 35.5. The van der Waals surface area contributed by atoms with Gasteiger partial charge in [0.15, 0.2) is 0 Å². The van der Waals surface area contributed by atoms with Crippen molar-refractivity contribution in [3.8, 4) is 0 Å². The number of benzene rings is 1. The largest absolute Gasteiger partial charge is 0.342 e. The molecular formula is C19H28ClN3O2S. The van der Waals surface area contributed by atoms with Crippen molar-refractivity contribution in [3.63, 3.8) is 0 Å². The van der Waals surface area contributed by atoms with Crippen molar-refractivity contribution >= 4 is 36.0 Å². The number of hydrogen-bond donors (Lipinski definition) is 1. The second-order valence-corrected chi connectivity index (χ2v) is 8.38. The van der Waals surface area contributed by atoms with Gasteiger partial charge in [0.2, 0.25) is 5.91 Å². The zero-order chi connectivity index (χ0) is 17.9. The molecule has 1 atom stereocenters. The van der Waals surface area contributed by atoms with Crippen LogP contribution in [0.1, 0.15) is 36.5 Å². The molecule has 1 aromatic carbocycles. The van der Waals surface area contributed by atoms with Gasteiger partial charge in [-0.1, -0.05) is 19.1 Å². The lowest BCUT2D eigenvalue weighted by atomic mass is 9.90. The van der Waals surface area contributed by atoms with Crippen molar-refractivity contribution in [2.75, 3.05) is 38.5 Å². The molecule has 26 heavy (non-hydrogen) atoms. The predicted octanol–water partition coefficient (Wildman–Crippen LogP) is 2.63. The highest BCUT2D eigenvalue weighted by Gasteiger charge is 2.35. The van der Waals surface area contributed by atoms with Gasteiger partial charge < -0.3 is 15.5 Å². The quantitative estimate of drug-likeness (QED) is 0.775. The average Bonchev–Trinajstić information content (AvgIpc) is 3.30. The molecule has 2 amide bonds. The van der Waals surface area contributed by atoms with Crippen LogP contribution in [-0.4, -0.2) is 60.1 Å². The van der Waals surface area contributed by atoms with Gasteiger partial charge in [-0.15, -0.1) is 24.2 Å². The molecule has 2 aliphatic rings. The van der Waals surface area contributed by atoms with E-state index in [1.807, 2.05) is 34.1 Å². The first-order valence-corrected chi connectivity index (χ1v) is 10.00. The fraction of sp³-hybridized carbons (Fsp3) is 0.579. The van der Waals surface area contributed by atoms with E-state index in [-0.39, 0.29) is 29.6 Å². The zero-order valence-corrected chi connectivity index (χ0v) is 16.9. The van der Waals surface area contributed by atoms with Crippen molar-refractivity contribution in [3.05, 3.63) is 29.8 Å². The van der Waals surface area contributed by atoms with Gasteiger partial charge in [-0.2, -0.15) is 0 Å². The van der Waals surface area contributed by atoms with Crippen LogP contribution < -0.4 is 5.73 Å². The maximum Gasteiger partial charge on any atom is 0.255 e. The van der Waals surface area contributed by atoms with Crippen LogP contribution in [-0.2, 0) is 4.79 Å². The van der Waals surface area contributed by atoms with Crippen molar-refractivity contribution in [1.29, 1.82) is 0 Å². The lowest BCUT2D eigenvalue weighted by molar-refractivity contribution is -0.127. The molecule has 3 rings (SSSR count). The SMILES string of the molecule is CC1(CN)CCN(C(=O)c2ccccc2SCC(=O)N2CCCC2)C1.Cl. The average molecular weight is 398 g/mol. The number of carbonyl (C=O) groups excluding carboxylic acids is 2. The molecular weight excluding hydrogens is 370 g/mol. The van der Waals surface area contributed by atoms with Crippen molar-refractivity contribution in [2.45, 2.75) is 31.1 Å². The zero-order valence-electron chi connectivity index (χ0n) is 15.3. The third kappa shape index (κ3) is 4.72. The van der Waals surface area contributed by atoms with Crippen LogP contribution >= 0.6 is 24.2 Å². The van der Waals surface area contributed by atoms with Crippen LogP contribution in [0.3, 0.4) is 0 Å². The van der Waals surface area contributed by atoms with Gasteiger partial charge in [0.05, 0.1) is 11.3 Å². The first kappa shape index (κ1) is 21.1. The third-order valence-corrected chi connectivity index (χ3v) is 6.32. The van der Waals surface area contributed by atoms with Crippen LogP contribution in [0.15, 0.2) is 29.2 Å². The molecule has 2 heterocycles. The Bertz CT molecular complexity index is 651. The summed E-state index contributed by atoms with van der Waals surface area (Å²) in [5.41, 5.74) is 6.57. The number of rotatable bonds is 5. The minimum atomic E-state index is 0. The normalized spacial score (nSPS) is 22.4. The maximum atomic E-state index is 12.9. The standard InChI is InChI=1S/C19H27N3O2S.ClH/c1-19(13-20)8-11-22(14-19)18(24)15-6-2-3-7-16(15)25-12-17(23)21-9-4-5-10-21;/h2-3,6-7H,4-5,8-14,20H2,1H3;1H. The van der Waals surface area contributed by atoms with Crippen LogP contribution in [0.25, 0.3) is 0 Å². The van der Waals surface area contributed by atoms with Gasteiger partial charge in [-0.25, -0.2) is 0 Å². The van der Waals surface area contributed by atoms with E-state index in [0.717, 1.165) is 43.8 Å². The van der Waals surface area contributed by atoms with E-state index >= 15 is 0 Å². The summed E-state index contributed by atoms with van der Waals surface area (Å²) < 4.78 is 0. The van der Waals surface area contributed by atoms with Crippen molar-refractivity contribution < 1.29 is 9.59 Å². The van der Waals surface area contributed by atoms with Crippen LogP contribution in [0, 0.1) is 5.41 Å². The van der Waals surface area contributed by atoms with Gasteiger partial charge in [0.25, 0.3) is 5.91 Å². The fourth-order valence-corrected chi connectivity index (χ4v) is 4.45. The van der Waals surface area contributed by atoms with Crippen molar-refractivity contribution in [1.82, 2.24) is 9.80 Å². The smallest absolute Gasteiger partial charge is 0.255 e. The molecule has 1 unspecified atom stereocenters. The van der Waals surface area contributed by atoms with Gasteiger partial charge in [-0.3, -0.25) is 9.59 Å². The second-order valence-electron chi connectivity index (χ2n) is 7.36. The summed E-state index contributed by atoms with van der Waals surface area (Å²) in [5, 5.41) is 0. The minimum absolute atomic E-state index is 0. The summed E-state index contributed by atoms with van der Waals surface area (Å²) in [7, 11) is 0. The Labute approximate surface area is 166 Å². The molecule has 0 aliphatic carbocycles. The Morgan fingerprint density at radius 2 is 1.85 bits per heavy atom. The van der Waals surface area contributed by atoms with Crippen LogP contribution in [0.4, 0.5) is 0 Å². The Balaban J connectivity index is 0.00000243. The summed E-state index contributed by atoms with van der Waals surface area (Å²) in [6.45, 7) is 5.91. The second kappa shape index (κ2) is 9.11. The molecule has 0 radical (unpaired) electrons. The summed E-state index contributed by atoms with van der Waals surface area (Å²) in [4.78, 5) is 29.9. The van der Waals surface area contributed by atoms with E-state index < -0.39 is 0 Å². The van der Waals surface area contributed by atoms with Gasteiger partial charge in [-0.05, 0) is 43.4 Å². The van der Waals surface area contributed by atoms with Gasteiger partial charge >= 0.3 is 0 Å². The number of halogens is 1. The molecule has 7 heteroatoms. The van der Waals surface area contributed by atoms with E-state index in [4.69, 9.17) is 5.73 Å². The minimum Gasteiger partial charge on any atom is -0.342 e. The van der Waals surface area contributed by atoms with E-state index in [0.29, 0.717) is 24.4 Å². The molecule has 5 nitrogen and oxygen atoms in total. The van der Waals surface area contributed by atoms with Crippen LogP contribution in [0.5, 0.6) is 0 Å². The molecule has 2 saturated heterocycles. The first-order valence-electron chi connectivity index (χ1n) is 9.01. The fourth-order valence-electron chi connectivity index (χ4n) is 3.50. The summed E-state index contributed by atoms with van der Waals surface area (Å²) in [6.07, 6.45) is 3.14. The molecule has 144 valence electrons. The monoisotopic (exact) mass is 397 g/mol. The van der Waals surface area contributed by atoms with E-state index in [1.54, 1.807) is 0 Å². The first-order chi connectivity index (χ1) is 12.0. The topological polar surface area (TPSA) is 66.6 Å². The third-order valence-electron chi connectivity index (χ3n) is 5.27. The van der Waals surface area contributed by atoms with E-state index in [1.165, 1.54) is 11.8 Å². The molecule has 0 spiro atoms. The highest BCUT2D eigenvalue weighted by molar-refractivity contribution is 8.00. The number of nitrogens with zero attached hydrogens (tertiary/aromatic N) is 2. The summed E-state index contributed by atoms with van der Waals surface area (Å²) in [5.74, 6) is 0.612. The molecule has 2 aliphatic heterocycles. The maximum absolute atomic E-state index is 12.9.